The highest BCUT2D eigenvalue weighted by atomic mass is 14.4. The van der Waals surface area contributed by atoms with Crippen molar-refractivity contribution in [3.63, 3.8) is 0 Å². The zero-order chi connectivity index (χ0) is 33.1. The standard InChI is InChI=1S/C38H50/c1-34(2,3)33-27(25-15-17-29-31(23-25)37(8,9)21-19-35(29,4)5)13-12-14-28(33)26-16-18-30-32(24-26)38(10,11)22-20-36(30,6)7/h12-18,23-24H,19-22H2,1-11H3/i15D,16D,17D,18D,23D,24D. The van der Waals surface area contributed by atoms with Gasteiger partial charge < -0.3 is 0 Å². The Morgan fingerprint density at radius 2 is 0.895 bits per heavy atom. The summed E-state index contributed by atoms with van der Waals surface area (Å²) in [6, 6.07) is 6.94. The maximum Gasteiger partial charge on any atom is 0.0632 e. The minimum absolute atomic E-state index is 0.0638. The molecule has 0 N–H and O–H groups in total. The summed E-state index contributed by atoms with van der Waals surface area (Å²) in [5, 5.41) is 0. The van der Waals surface area contributed by atoms with E-state index in [9.17, 15) is 8.22 Å². The van der Waals surface area contributed by atoms with Crippen molar-refractivity contribution in [3.05, 3.63) is 82.3 Å². The lowest BCUT2D eigenvalue weighted by atomic mass is 9.62. The van der Waals surface area contributed by atoms with Crippen LogP contribution in [0.3, 0.4) is 0 Å². The molecule has 38 heavy (non-hydrogen) atoms. The van der Waals surface area contributed by atoms with Crippen molar-refractivity contribution in [3.8, 4) is 22.3 Å². The summed E-state index contributed by atoms with van der Waals surface area (Å²) in [6.07, 6.45) is 3.61. The van der Waals surface area contributed by atoms with Crippen LogP contribution < -0.4 is 0 Å². The molecule has 0 spiro atoms. The highest BCUT2D eigenvalue weighted by Gasteiger charge is 2.39. The molecule has 0 fully saturated rings. The van der Waals surface area contributed by atoms with Crippen LogP contribution >= 0.6 is 0 Å². The lowest BCUT2D eigenvalue weighted by molar-refractivity contribution is 0.332. The third-order valence-corrected chi connectivity index (χ3v) is 9.44. The van der Waals surface area contributed by atoms with E-state index in [2.05, 4.69) is 76.2 Å². The van der Waals surface area contributed by atoms with Crippen molar-refractivity contribution in [1.29, 1.82) is 0 Å². The van der Waals surface area contributed by atoms with Crippen LogP contribution in [0.5, 0.6) is 0 Å². The molecular formula is C38H50. The summed E-state index contributed by atoms with van der Waals surface area (Å²) in [5.74, 6) is 0. The molecule has 0 aromatic heterocycles. The Morgan fingerprint density at radius 3 is 1.24 bits per heavy atom. The summed E-state index contributed by atoms with van der Waals surface area (Å²) < 4.78 is 56.5. The zero-order valence-corrected chi connectivity index (χ0v) is 25.6. The minimum Gasteiger partial charge on any atom is -0.0610 e. The maximum absolute atomic E-state index is 9.64. The number of fused-ring (bicyclic) bond motifs is 2. The Bertz CT molecular complexity index is 1580. The fourth-order valence-corrected chi connectivity index (χ4v) is 6.64. The quantitative estimate of drug-likeness (QED) is 0.320. The van der Waals surface area contributed by atoms with E-state index >= 15 is 0 Å². The number of hydrogen-bond acceptors (Lipinski definition) is 0. The number of rotatable bonds is 2. The third-order valence-electron chi connectivity index (χ3n) is 9.44. The first-order valence-corrected chi connectivity index (χ1v) is 14.4. The van der Waals surface area contributed by atoms with Crippen LogP contribution in [0.1, 0.15) is 138 Å². The van der Waals surface area contributed by atoms with E-state index in [1.807, 2.05) is 18.2 Å². The van der Waals surface area contributed by atoms with Gasteiger partial charge in [0.2, 0.25) is 0 Å². The van der Waals surface area contributed by atoms with Crippen molar-refractivity contribution >= 4 is 0 Å². The summed E-state index contributed by atoms with van der Waals surface area (Å²) in [4.78, 5) is 0. The Labute approximate surface area is 241 Å². The summed E-state index contributed by atoms with van der Waals surface area (Å²) in [6.45, 7) is 23.4. The maximum atomic E-state index is 9.64. The Kier molecular flexibility index (Phi) is 4.64. The van der Waals surface area contributed by atoms with E-state index < -0.39 is 5.41 Å². The molecule has 3 aromatic rings. The highest BCUT2D eigenvalue weighted by molar-refractivity contribution is 5.81. The van der Waals surface area contributed by atoms with Crippen LogP contribution in [0.4, 0.5) is 0 Å². The summed E-state index contributed by atoms with van der Waals surface area (Å²) in [5.41, 5.74) is 4.86. The molecule has 3 aromatic carbocycles. The Morgan fingerprint density at radius 1 is 0.553 bits per heavy atom. The van der Waals surface area contributed by atoms with Gasteiger partial charge in [-0.05, 0) is 103 Å². The third kappa shape index (κ3) is 4.47. The molecule has 2 aliphatic carbocycles. The second-order valence-corrected chi connectivity index (χ2v) is 15.5. The normalized spacial score (nSPS) is 23.1. The van der Waals surface area contributed by atoms with Crippen LogP contribution in [0.2, 0.25) is 0 Å². The number of benzene rings is 3. The monoisotopic (exact) mass is 512 g/mol. The number of hydrogen-bond donors (Lipinski definition) is 0. The van der Waals surface area contributed by atoms with Gasteiger partial charge in [-0.1, -0.05) is 131 Å². The molecule has 0 saturated heterocycles. The first-order chi connectivity index (χ1) is 20.0. The average molecular weight is 513 g/mol. The van der Waals surface area contributed by atoms with Gasteiger partial charge in [0.25, 0.3) is 0 Å². The van der Waals surface area contributed by atoms with E-state index in [1.54, 1.807) is 0 Å². The lowest BCUT2D eigenvalue weighted by Crippen LogP contribution is -2.33. The van der Waals surface area contributed by atoms with Gasteiger partial charge in [0.15, 0.2) is 0 Å². The molecule has 2 aliphatic rings. The lowest BCUT2D eigenvalue weighted by Gasteiger charge is -2.42. The average Bonchev–Trinajstić information content (AvgIpc) is 2.88. The van der Waals surface area contributed by atoms with E-state index in [-0.39, 0.29) is 45.8 Å². The van der Waals surface area contributed by atoms with Gasteiger partial charge in [0.1, 0.15) is 0 Å². The van der Waals surface area contributed by atoms with Gasteiger partial charge in [-0.3, -0.25) is 0 Å². The van der Waals surface area contributed by atoms with Gasteiger partial charge in [0, 0.05) is 0 Å². The summed E-state index contributed by atoms with van der Waals surface area (Å²) >= 11 is 0. The largest absolute Gasteiger partial charge is 0.0632 e. The van der Waals surface area contributed by atoms with Crippen LogP contribution in [-0.2, 0) is 27.1 Å². The van der Waals surface area contributed by atoms with E-state index in [1.165, 1.54) is 0 Å². The second-order valence-electron chi connectivity index (χ2n) is 15.5. The molecule has 0 unspecified atom stereocenters. The molecule has 0 heterocycles. The molecule has 0 amide bonds. The Balaban J connectivity index is 1.93. The minimum atomic E-state index is -0.483. The van der Waals surface area contributed by atoms with Gasteiger partial charge in [-0.15, -0.1) is 0 Å². The van der Waals surface area contributed by atoms with E-state index in [0.29, 0.717) is 34.3 Å². The van der Waals surface area contributed by atoms with Crippen molar-refractivity contribution in [2.75, 3.05) is 0 Å². The van der Waals surface area contributed by atoms with Gasteiger partial charge in [-0.2, -0.15) is 0 Å². The van der Waals surface area contributed by atoms with Gasteiger partial charge in [0.05, 0.1) is 8.22 Å². The molecule has 0 aliphatic heterocycles. The fraction of sp³-hybridized carbons (Fsp3) is 0.526. The molecule has 5 rings (SSSR count). The predicted molar refractivity (Wildman–Crippen MR) is 167 cm³/mol. The van der Waals surface area contributed by atoms with E-state index in [4.69, 9.17) is 0 Å². The molecule has 0 atom stereocenters. The van der Waals surface area contributed by atoms with Crippen molar-refractivity contribution in [2.45, 2.75) is 129 Å². The molecule has 202 valence electrons. The smallest absolute Gasteiger partial charge is 0.0610 e. The molecule has 0 heteroatoms. The van der Waals surface area contributed by atoms with Crippen LogP contribution in [0.25, 0.3) is 22.3 Å². The molecule has 0 saturated carbocycles. The first-order valence-electron chi connectivity index (χ1n) is 17.4. The van der Waals surface area contributed by atoms with Crippen LogP contribution in [-0.4, -0.2) is 0 Å². The SMILES string of the molecule is [2H]c1c([2H])c2c(c([2H])c1-c1cccc(-c3c([2H])c([2H])c4c(c3[2H])C(C)(C)CCC4(C)C)c1C(C)(C)C)C(C)(C)CCC2(C)C. The Hall–Kier alpha value is -2.34. The molecule has 0 bridgehead atoms. The topological polar surface area (TPSA) is 0 Å². The predicted octanol–water partition coefficient (Wildman–Crippen LogP) is 11.0. The zero-order valence-electron chi connectivity index (χ0n) is 31.6. The van der Waals surface area contributed by atoms with Crippen LogP contribution in [0.15, 0.2) is 54.5 Å². The van der Waals surface area contributed by atoms with Crippen molar-refractivity contribution < 1.29 is 8.22 Å². The molecular weight excluding hydrogens is 456 g/mol. The van der Waals surface area contributed by atoms with Gasteiger partial charge in [-0.25, -0.2) is 0 Å². The van der Waals surface area contributed by atoms with Crippen molar-refractivity contribution in [2.24, 2.45) is 0 Å². The van der Waals surface area contributed by atoms with Crippen molar-refractivity contribution in [1.82, 2.24) is 0 Å². The van der Waals surface area contributed by atoms with Gasteiger partial charge >= 0.3 is 0 Å². The second kappa shape index (κ2) is 8.58. The van der Waals surface area contributed by atoms with Crippen LogP contribution in [0, 0.1) is 0 Å². The summed E-state index contributed by atoms with van der Waals surface area (Å²) in [7, 11) is 0. The first kappa shape index (κ1) is 20.5. The highest BCUT2D eigenvalue weighted by Crippen LogP contribution is 2.50. The fourth-order valence-electron chi connectivity index (χ4n) is 6.64. The van der Waals surface area contributed by atoms with E-state index in [0.717, 1.165) is 53.5 Å². The molecule has 0 radical (unpaired) electrons. The molecule has 0 nitrogen and oxygen atoms in total.